The third kappa shape index (κ3) is 3.98. The number of nitrogens with zero attached hydrogens (tertiary/aromatic N) is 1. The van der Waals surface area contributed by atoms with Crippen molar-refractivity contribution in [3.05, 3.63) is 0 Å². The van der Waals surface area contributed by atoms with E-state index < -0.39 is 11.5 Å². The number of likely N-dealkylation sites (N-methyl/N-ethyl adjacent to an activating group) is 1. The molecule has 2 unspecified atom stereocenters. The SMILES string of the molecule is CCNC(CN1CCCC(C(C)C)CC1)(C(=O)O)C1CC1. The Labute approximate surface area is 129 Å². The summed E-state index contributed by atoms with van der Waals surface area (Å²) in [7, 11) is 0. The van der Waals surface area contributed by atoms with Gasteiger partial charge in [-0.2, -0.15) is 0 Å². The van der Waals surface area contributed by atoms with Crippen molar-refractivity contribution in [3.63, 3.8) is 0 Å². The van der Waals surface area contributed by atoms with Crippen LogP contribution in [0.25, 0.3) is 0 Å². The number of carboxylic acid groups (broad SMARTS) is 1. The normalized spacial score (nSPS) is 27.3. The van der Waals surface area contributed by atoms with Gasteiger partial charge in [-0.25, -0.2) is 0 Å². The van der Waals surface area contributed by atoms with Crippen molar-refractivity contribution in [2.75, 3.05) is 26.2 Å². The zero-order valence-electron chi connectivity index (χ0n) is 13.9. The van der Waals surface area contributed by atoms with Gasteiger partial charge in [0.25, 0.3) is 0 Å². The quantitative estimate of drug-likeness (QED) is 0.758. The maximum Gasteiger partial charge on any atom is 0.325 e. The average Bonchev–Trinajstić information content (AvgIpc) is 3.25. The number of carbonyl (C=O) groups is 1. The monoisotopic (exact) mass is 296 g/mol. The summed E-state index contributed by atoms with van der Waals surface area (Å²) in [5.41, 5.74) is -0.716. The number of carboxylic acids is 1. The van der Waals surface area contributed by atoms with Crippen molar-refractivity contribution in [3.8, 4) is 0 Å². The van der Waals surface area contributed by atoms with Gasteiger partial charge in [-0.1, -0.05) is 20.8 Å². The van der Waals surface area contributed by atoms with Crippen LogP contribution in [0.15, 0.2) is 0 Å². The highest BCUT2D eigenvalue weighted by Crippen LogP contribution is 2.41. The van der Waals surface area contributed by atoms with Crippen molar-refractivity contribution in [2.45, 2.75) is 58.4 Å². The van der Waals surface area contributed by atoms with E-state index in [9.17, 15) is 9.90 Å². The Bertz CT molecular complexity index is 355. The van der Waals surface area contributed by atoms with Gasteiger partial charge in [-0.15, -0.1) is 0 Å². The zero-order valence-corrected chi connectivity index (χ0v) is 13.9. The fourth-order valence-electron chi connectivity index (χ4n) is 3.90. The molecule has 2 aliphatic rings. The number of likely N-dealkylation sites (tertiary alicyclic amines) is 1. The van der Waals surface area contributed by atoms with Crippen molar-refractivity contribution in [1.29, 1.82) is 0 Å². The maximum atomic E-state index is 11.9. The van der Waals surface area contributed by atoms with E-state index >= 15 is 0 Å². The van der Waals surface area contributed by atoms with Crippen LogP contribution >= 0.6 is 0 Å². The highest BCUT2D eigenvalue weighted by Gasteiger charge is 2.51. The summed E-state index contributed by atoms with van der Waals surface area (Å²) < 4.78 is 0. The van der Waals surface area contributed by atoms with Crippen LogP contribution in [0.3, 0.4) is 0 Å². The molecule has 2 rings (SSSR count). The van der Waals surface area contributed by atoms with Crippen LogP contribution in [-0.4, -0.2) is 47.7 Å². The van der Waals surface area contributed by atoms with Crippen LogP contribution in [0.1, 0.15) is 52.9 Å². The maximum absolute atomic E-state index is 11.9. The Hall–Kier alpha value is -0.610. The van der Waals surface area contributed by atoms with Gasteiger partial charge in [0.15, 0.2) is 0 Å². The van der Waals surface area contributed by atoms with E-state index in [1.807, 2.05) is 6.92 Å². The predicted octanol–water partition coefficient (Wildman–Crippen LogP) is 2.59. The van der Waals surface area contributed by atoms with Gasteiger partial charge in [0.1, 0.15) is 5.54 Å². The Morgan fingerprint density at radius 2 is 2.00 bits per heavy atom. The molecular weight excluding hydrogens is 264 g/mol. The Morgan fingerprint density at radius 1 is 1.29 bits per heavy atom. The summed E-state index contributed by atoms with van der Waals surface area (Å²) in [6.07, 6.45) is 5.82. The molecule has 1 aliphatic heterocycles. The molecule has 0 spiro atoms. The van der Waals surface area contributed by atoms with Crippen LogP contribution in [-0.2, 0) is 4.79 Å². The number of nitrogens with one attached hydrogen (secondary N) is 1. The summed E-state index contributed by atoms with van der Waals surface area (Å²) in [5, 5.41) is 13.1. The molecule has 0 radical (unpaired) electrons. The first-order valence-electron chi connectivity index (χ1n) is 8.70. The second kappa shape index (κ2) is 7.10. The number of hydrogen-bond acceptors (Lipinski definition) is 3. The van der Waals surface area contributed by atoms with E-state index in [0.717, 1.165) is 44.3 Å². The number of aliphatic carboxylic acids is 1. The van der Waals surface area contributed by atoms with E-state index in [0.29, 0.717) is 12.5 Å². The van der Waals surface area contributed by atoms with Crippen LogP contribution in [0.2, 0.25) is 0 Å². The number of hydrogen-bond donors (Lipinski definition) is 2. The molecule has 0 aromatic carbocycles. The van der Waals surface area contributed by atoms with Gasteiger partial charge in [-0.05, 0) is 69.5 Å². The molecular formula is C17H32N2O2. The molecule has 0 aromatic rings. The minimum Gasteiger partial charge on any atom is -0.480 e. The minimum absolute atomic E-state index is 0.319. The zero-order chi connectivity index (χ0) is 15.5. The highest BCUT2D eigenvalue weighted by molar-refractivity contribution is 5.80. The molecule has 2 fully saturated rings. The molecule has 0 amide bonds. The summed E-state index contributed by atoms with van der Waals surface area (Å²) in [5.74, 6) is 1.20. The fraction of sp³-hybridized carbons (Fsp3) is 0.941. The molecule has 122 valence electrons. The van der Waals surface area contributed by atoms with E-state index in [2.05, 4.69) is 24.1 Å². The molecule has 1 aliphatic carbocycles. The second-order valence-corrected chi connectivity index (χ2v) is 7.29. The van der Waals surface area contributed by atoms with Crippen LogP contribution in [0.4, 0.5) is 0 Å². The van der Waals surface area contributed by atoms with E-state index in [-0.39, 0.29) is 0 Å². The lowest BCUT2D eigenvalue weighted by Crippen LogP contribution is -2.60. The Kier molecular flexibility index (Phi) is 5.67. The van der Waals surface area contributed by atoms with Crippen molar-refractivity contribution >= 4 is 5.97 Å². The van der Waals surface area contributed by atoms with E-state index in [4.69, 9.17) is 0 Å². The van der Waals surface area contributed by atoms with Gasteiger partial charge in [-0.3, -0.25) is 4.79 Å². The molecule has 21 heavy (non-hydrogen) atoms. The topological polar surface area (TPSA) is 52.6 Å². The molecule has 1 saturated carbocycles. The van der Waals surface area contributed by atoms with E-state index in [1.54, 1.807) is 0 Å². The van der Waals surface area contributed by atoms with Gasteiger partial charge in [0.2, 0.25) is 0 Å². The van der Waals surface area contributed by atoms with Crippen LogP contribution in [0, 0.1) is 17.8 Å². The standard InChI is InChI=1S/C17H32N2O2/c1-4-18-17(16(20)21,15-7-8-15)12-19-10-5-6-14(9-11-19)13(2)3/h13-15,18H,4-12H2,1-3H3,(H,20,21). The van der Waals surface area contributed by atoms with Crippen molar-refractivity contribution in [2.24, 2.45) is 17.8 Å². The van der Waals surface area contributed by atoms with Gasteiger partial charge in [0.05, 0.1) is 0 Å². The first-order valence-corrected chi connectivity index (χ1v) is 8.70. The smallest absolute Gasteiger partial charge is 0.325 e. The summed E-state index contributed by atoms with van der Waals surface area (Å²) >= 11 is 0. The Morgan fingerprint density at radius 3 is 2.52 bits per heavy atom. The van der Waals surface area contributed by atoms with Gasteiger partial charge < -0.3 is 15.3 Å². The van der Waals surface area contributed by atoms with E-state index in [1.165, 1.54) is 19.3 Å². The van der Waals surface area contributed by atoms with Crippen LogP contribution in [0.5, 0.6) is 0 Å². The summed E-state index contributed by atoms with van der Waals surface area (Å²) in [4.78, 5) is 14.3. The molecule has 4 heteroatoms. The second-order valence-electron chi connectivity index (χ2n) is 7.29. The highest BCUT2D eigenvalue weighted by atomic mass is 16.4. The Balaban J connectivity index is 2.01. The average molecular weight is 296 g/mol. The van der Waals surface area contributed by atoms with Crippen molar-refractivity contribution in [1.82, 2.24) is 10.2 Å². The van der Waals surface area contributed by atoms with Gasteiger partial charge >= 0.3 is 5.97 Å². The van der Waals surface area contributed by atoms with Crippen molar-refractivity contribution < 1.29 is 9.90 Å². The minimum atomic E-state index is -0.716. The largest absolute Gasteiger partial charge is 0.480 e. The molecule has 0 aromatic heterocycles. The first-order chi connectivity index (χ1) is 9.99. The lowest BCUT2D eigenvalue weighted by Gasteiger charge is -2.36. The fourth-order valence-corrected chi connectivity index (χ4v) is 3.90. The predicted molar refractivity (Wildman–Crippen MR) is 85.4 cm³/mol. The lowest BCUT2D eigenvalue weighted by molar-refractivity contribution is -0.147. The lowest BCUT2D eigenvalue weighted by atomic mass is 9.89. The molecule has 2 N–H and O–H groups in total. The van der Waals surface area contributed by atoms with Crippen LogP contribution < -0.4 is 5.32 Å². The molecule has 0 bridgehead atoms. The molecule has 2 atom stereocenters. The number of rotatable bonds is 7. The molecule has 1 saturated heterocycles. The summed E-state index contributed by atoms with van der Waals surface area (Å²) in [6.45, 7) is 10.1. The summed E-state index contributed by atoms with van der Waals surface area (Å²) in [6, 6.07) is 0. The molecule has 4 nitrogen and oxygen atoms in total. The third-order valence-electron chi connectivity index (χ3n) is 5.43. The van der Waals surface area contributed by atoms with Gasteiger partial charge in [0, 0.05) is 6.54 Å². The first kappa shape index (κ1) is 16.8. The molecule has 1 heterocycles. The third-order valence-corrected chi connectivity index (χ3v) is 5.43.